The van der Waals surface area contributed by atoms with Crippen LogP contribution in [0.2, 0.25) is 5.02 Å². The average Bonchev–Trinajstić information content (AvgIpc) is 2.31. The Morgan fingerprint density at radius 2 is 2.11 bits per heavy atom. The quantitative estimate of drug-likeness (QED) is 0.858. The molecule has 0 bridgehead atoms. The van der Waals surface area contributed by atoms with Crippen LogP contribution in [0.25, 0.3) is 0 Å². The molecule has 0 fully saturated rings. The number of carbonyl (C=O) groups excluding carboxylic acids is 1. The van der Waals surface area contributed by atoms with Crippen molar-refractivity contribution >= 4 is 17.6 Å². The van der Waals surface area contributed by atoms with E-state index >= 15 is 0 Å². The van der Waals surface area contributed by atoms with Crippen LogP contribution in [-0.4, -0.2) is 18.6 Å². The van der Waals surface area contributed by atoms with Crippen molar-refractivity contribution in [2.45, 2.75) is 32.9 Å². The Morgan fingerprint density at radius 3 is 2.67 bits per heavy atom. The lowest BCUT2D eigenvalue weighted by Crippen LogP contribution is -2.47. The summed E-state index contributed by atoms with van der Waals surface area (Å²) in [6, 6.07) is 2.94. The second kappa shape index (κ2) is 5.67. The number of benzene rings is 1. The first kappa shape index (κ1) is 14.9. The molecule has 0 aliphatic heterocycles. The van der Waals surface area contributed by atoms with E-state index < -0.39 is 5.54 Å². The molecule has 3 nitrogen and oxygen atoms in total. The number of esters is 1. The van der Waals surface area contributed by atoms with E-state index in [0.717, 1.165) is 0 Å². The van der Waals surface area contributed by atoms with Crippen LogP contribution in [0.3, 0.4) is 0 Å². The highest BCUT2D eigenvalue weighted by Crippen LogP contribution is 2.21. The highest BCUT2D eigenvalue weighted by Gasteiger charge is 2.28. The van der Waals surface area contributed by atoms with Gasteiger partial charge in [0.05, 0.1) is 7.11 Å². The van der Waals surface area contributed by atoms with Crippen LogP contribution in [0.15, 0.2) is 12.1 Å². The second-order valence-corrected chi connectivity index (χ2v) is 5.07. The van der Waals surface area contributed by atoms with Gasteiger partial charge in [0.1, 0.15) is 11.4 Å². The third-order valence-electron chi connectivity index (χ3n) is 2.74. The van der Waals surface area contributed by atoms with E-state index in [0.29, 0.717) is 16.1 Å². The van der Waals surface area contributed by atoms with Crippen molar-refractivity contribution in [3.63, 3.8) is 0 Å². The summed E-state index contributed by atoms with van der Waals surface area (Å²) in [5, 5.41) is 3.46. The van der Waals surface area contributed by atoms with Gasteiger partial charge < -0.3 is 4.74 Å². The van der Waals surface area contributed by atoms with Crippen molar-refractivity contribution in [1.82, 2.24) is 5.32 Å². The SMILES string of the molecule is COC(=O)C(C)(C)NCc1cc(F)c(C)cc1Cl. The molecule has 0 aliphatic rings. The van der Waals surface area contributed by atoms with Crippen LogP contribution in [0.4, 0.5) is 4.39 Å². The van der Waals surface area contributed by atoms with Crippen LogP contribution in [0, 0.1) is 12.7 Å². The Hall–Kier alpha value is -1.13. The summed E-state index contributed by atoms with van der Waals surface area (Å²) in [7, 11) is 1.32. The fourth-order valence-electron chi connectivity index (χ4n) is 1.47. The summed E-state index contributed by atoms with van der Waals surface area (Å²) in [4.78, 5) is 11.5. The summed E-state index contributed by atoms with van der Waals surface area (Å²) in [6.07, 6.45) is 0. The van der Waals surface area contributed by atoms with Crippen molar-refractivity contribution in [2.24, 2.45) is 0 Å². The van der Waals surface area contributed by atoms with Crippen LogP contribution < -0.4 is 5.32 Å². The number of ether oxygens (including phenoxy) is 1. The van der Waals surface area contributed by atoms with E-state index in [2.05, 4.69) is 10.1 Å². The predicted octanol–water partition coefficient (Wildman–Crippen LogP) is 2.83. The van der Waals surface area contributed by atoms with Crippen molar-refractivity contribution < 1.29 is 13.9 Å². The summed E-state index contributed by atoms with van der Waals surface area (Å²) in [5.74, 6) is -0.696. The molecule has 0 unspecified atom stereocenters. The largest absolute Gasteiger partial charge is 0.468 e. The molecular formula is C13H17ClFNO2. The molecule has 0 atom stereocenters. The zero-order valence-corrected chi connectivity index (χ0v) is 11.7. The van der Waals surface area contributed by atoms with Crippen molar-refractivity contribution in [3.8, 4) is 0 Å². The van der Waals surface area contributed by atoms with Gasteiger partial charge in [-0.25, -0.2) is 4.39 Å². The average molecular weight is 274 g/mol. The molecule has 0 saturated carbocycles. The molecule has 1 aromatic carbocycles. The number of carbonyl (C=O) groups is 1. The number of halogens is 2. The smallest absolute Gasteiger partial charge is 0.325 e. The van der Waals surface area contributed by atoms with Gasteiger partial charge in [0.15, 0.2) is 0 Å². The van der Waals surface area contributed by atoms with Crippen molar-refractivity contribution in [2.75, 3.05) is 7.11 Å². The zero-order chi connectivity index (χ0) is 13.9. The Kier molecular flexibility index (Phi) is 4.71. The Balaban J connectivity index is 2.81. The summed E-state index contributed by atoms with van der Waals surface area (Å²) >= 11 is 6.02. The fourth-order valence-corrected chi connectivity index (χ4v) is 1.75. The molecule has 1 rings (SSSR count). The minimum Gasteiger partial charge on any atom is -0.468 e. The number of methoxy groups -OCH3 is 1. The van der Waals surface area contributed by atoms with E-state index in [4.69, 9.17) is 11.6 Å². The number of aryl methyl sites for hydroxylation is 1. The minimum atomic E-state index is -0.848. The predicted molar refractivity (Wildman–Crippen MR) is 69.1 cm³/mol. The van der Waals surface area contributed by atoms with Gasteiger partial charge in [0.25, 0.3) is 0 Å². The number of hydrogen-bond acceptors (Lipinski definition) is 3. The van der Waals surface area contributed by atoms with Crippen LogP contribution >= 0.6 is 11.6 Å². The fraction of sp³-hybridized carbons (Fsp3) is 0.462. The first-order valence-corrected chi connectivity index (χ1v) is 5.93. The van der Waals surface area contributed by atoms with Crippen molar-refractivity contribution in [1.29, 1.82) is 0 Å². The topological polar surface area (TPSA) is 38.3 Å². The first-order valence-electron chi connectivity index (χ1n) is 5.56. The van der Waals surface area contributed by atoms with Gasteiger partial charge in [-0.15, -0.1) is 0 Å². The third kappa shape index (κ3) is 3.43. The second-order valence-electron chi connectivity index (χ2n) is 4.66. The van der Waals surface area contributed by atoms with Crippen LogP contribution in [-0.2, 0) is 16.1 Å². The molecule has 100 valence electrons. The first-order chi connectivity index (χ1) is 8.27. The zero-order valence-electron chi connectivity index (χ0n) is 10.9. The van der Waals surface area contributed by atoms with Crippen LogP contribution in [0.5, 0.6) is 0 Å². The van der Waals surface area contributed by atoms with Gasteiger partial charge in [-0.1, -0.05) is 11.6 Å². The lowest BCUT2D eigenvalue weighted by Gasteiger charge is -2.23. The summed E-state index contributed by atoms with van der Waals surface area (Å²) in [5.41, 5.74) is 0.257. The molecular weight excluding hydrogens is 257 g/mol. The van der Waals surface area contributed by atoms with Crippen molar-refractivity contribution in [3.05, 3.63) is 34.1 Å². The van der Waals surface area contributed by atoms with Gasteiger partial charge in [-0.05, 0) is 44.0 Å². The molecule has 0 aliphatic carbocycles. The summed E-state index contributed by atoms with van der Waals surface area (Å²) in [6.45, 7) is 5.32. The molecule has 5 heteroatoms. The van der Waals surface area contributed by atoms with Gasteiger partial charge in [0, 0.05) is 11.6 Å². The highest BCUT2D eigenvalue weighted by atomic mass is 35.5. The van der Waals surface area contributed by atoms with E-state index in [1.165, 1.54) is 13.2 Å². The maximum absolute atomic E-state index is 13.4. The lowest BCUT2D eigenvalue weighted by atomic mass is 10.0. The molecule has 0 amide bonds. The van der Waals surface area contributed by atoms with Gasteiger partial charge >= 0.3 is 5.97 Å². The molecule has 0 saturated heterocycles. The monoisotopic (exact) mass is 273 g/mol. The summed E-state index contributed by atoms with van der Waals surface area (Å²) < 4.78 is 18.1. The highest BCUT2D eigenvalue weighted by molar-refractivity contribution is 6.31. The van der Waals surface area contributed by atoms with Gasteiger partial charge in [0.2, 0.25) is 0 Å². The Labute approximate surface area is 111 Å². The number of nitrogens with one attached hydrogen (secondary N) is 1. The molecule has 0 spiro atoms. The van der Waals surface area contributed by atoms with E-state index in [1.54, 1.807) is 26.8 Å². The van der Waals surface area contributed by atoms with E-state index in [9.17, 15) is 9.18 Å². The maximum atomic E-state index is 13.4. The molecule has 18 heavy (non-hydrogen) atoms. The minimum absolute atomic E-state index is 0.290. The normalized spacial score (nSPS) is 11.4. The third-order valence-corrected chi connectivity index (χ3v) is 3.10. The number of rotatable bonds is 4. The Bertz CT molecular complexity index is 461. The number of hydrogen-bond donors (Lipinski definition) is 1. The molecule has 0 radical (unpaired) electrons. The van der Waals surface area contributed by atoms with Crippen LogP contribution in [0.1, 0.15) is 25.0 Å². The molecule has 1 aromatic rings. The standard InChI is InChI=1S/C13H17ClFNO2/c1-8-5-10(14)9(6-11(8)15)7-16-13(2,3)12(17)18-4/h5-6,16H,7H2,1-4H3. The molecule has 1 N–H and O–H groups in total. The Morgan fingerprint density at radius 1 is 1.50 bits per heavy atom. The molecule has 0 heterocycles. The lowest BCUT2D eigenvalue weighted by molar-refractivity contribution is -0.147. The maximum Gasteiger partial charge on any atom is 0.325 e. The van der Waals surface area contributed by atoms with Gasteiger partial charge in [-0.2, -0.15) is 0 Å². The molecule has 0 aromatic heterocycles. The van der Waals surface area contributed by atoms with E-state index in [1.807, 2.05) is 0 Å². The van der Waals surface area contributed by atoms with Gasteiger partial charge in [-0.3, -0.25) is 10.1 Å². The van der Waals surface area contributed by atoms with E-state index in [-0.39, 0.29) is 18.3 Å².